The molecule has 3 N–H and O–H groups in total. The molecule has 2 atom stereocenters. The van der Waals surface area contributed by atoms with Crippen LogP contribution in [-0.4, -0.2) is 36.1 Å². The monoisotopic (exact) mass is 254 g/mol. The van der Waals surface area contributed by atoms with Gasteiger partial charge < -0.3 is 15.8 Å². The van der Waals surface area contributed by atoms with Gasteiger partial charge in [0.05, 0.1) is 12.8 Å². The Bertz CT molecular complexity index is 351. The molecule has 0 aliphatic heterocycles. The van der Waals surface area contributed by atoms with Crippen LogP contribution in [0.25, 0.3) is 0 Å². The maximum absolute atomic E-state index is 5.56. The fourth-order valence-corrected chi connectivity index (χ4v) is 2.16. The molecule has 0 aromatic carbocycles. The Labute approximate surface area is 110 Å². The number of hydrogen-bond acceptors (Lipinski definition) is 4. The van der Waals surface area contributed by atoms with Crippen LogP contribution >= 0.6 is 0 Å². The number of hydrogen-bond donors (Lipinski definition) is 2. The van der Waals surface area contributed by atoms with E-state index in [1.165, 1.54) is 11.3 Å². The summed E-state index contributed by atoms with van der Waals surface area (Å²) in [6.07, 6.45) is 3.98. The van der Waals surface area contributed by atoms with Gasteiger partial charge in [0.15, 0.2) is 0 Å². The lowest BCUT2D eigenvalue weighted by molar-refractivity contribution is 0.156. The summed E-state index contributed by atoms with van der Waals surface area (Å²) >= 11 is 0. The van der Waals surface area contributed by atoms with Crippen LogP contribution in [0.1, 0.15) is 37.1 Å². The molecule has 0 radical (unpaired) electrons. The van der Waals surface area contributed by atoms with Crippen molar-refractivity contribution in [3.05, 3.63) is 17.5 Å². The number of nitrogens with two attached hydrogens (primary N) is 1. The molecule has 0 aliphatic rings. The quantitative estimate of drug-likeness (QED) is 0.730. The third-order valence-corrected chi connectivity index (χ3v) is 3.35. The van der Waals surface area contributed by atoms with Crippen molar-refractivity contribution in [2.75, 3.05) is 20.3 Å². The second kappa shape index (κ2) is 7.51. The van der Waals surface area contributed by atoms with Gasteiger partial charge in [0.1, 0.15) is 0 Å². The van der Waals surface area contributed by atoms with Crippen LogP contribution in [0.2, 0.25) is 0 Å². The minimum Gasteiger partial charge on any atom is -0.383 e. The van der Waals surface area contributed by atoms with Crippen LogP contribution in [-0.2, 0) is 11.8 Å². The molecule has 0 saturated heterocycles. The minimum atomic E-state index is 0.275. The van der Waals surface area contributed by atoms with Crippen LogP contribution in [0.3, 0.4) is 0 Å². The largest absolute Gasteiger partial charge is 0.383 e. The summed E-state index contributed by atoms with van der Waals surface area (Å²) in [5.74, 6) is 0. The summed E-state index contributed by atoms with van der Waals surface area (Å²) < 4.78 is 7.15. The van der Waals surface area contributed by atoms with E-state index in [9.17, 15) is 0 Å². The molecular formula is C13H26N4O. The molecule has 0 amide bonds. The summed E-state index contributed by atoms with van der Waals surface area (Å²) in [5, 5.41) is 7.87. The van der Waals surface area contributed by atoms with E-state index in [0.717, 1.165) is 19.4 Å². The third kappa shape index (κ3) is 4.08. The van der Waals surface area contributed by atoms with Crippen molar-refractivity contribution >= 4 is 0 Å². The Hall–Kier alpha value is -0.910. The summed E-state index contributed by atoms with van der Waals surface area (Å²) in [4.78, 5) is 0. The first-order chi connectivity index (χ1) is 8.60. The minimum absolute atomic E-state index is 0.275. The highest BCUT2D eigenvalue weighted by molar-refractivity contribution is 5.19. The molecule has 5 nitrogen and oxygen atoms in total. The number of aryl methyl sites for hydroxylation is 1. The maximum Gasteiger partial charge on any atom is 0.0616 e. The molecule has 2 unspecified atom stereocenters. The Balaban J connectivity index is 2.59. The van der Waals surface area contributed by atoms with Crippen molar-refractivity contribution in [2.45, 2.75) is 38.8 Å². The zero-order valence-electron chi connectivity index (χ0n) is 11.9. The van der Waals surface area contributed by atoms with Crippen molar-refractivity contribution in [1.82, 2.24) is 15.1 Å². The van der Waals surface area contributed by atoms with Crippen molar-refractivity contribution in [3.8, 4) is 0 Å². The number of aromatic nitrogens is 2. The lowest BCUT2D eigenvalue weighted by atomic mass is 10.1. The molecule has 0 saturated carbocycles. The van der Waals surface area contributed by atoms with E-state index in [4.69, 9.17) is 10.5 Å². The van der Waals surface area contributed by atoms with Crippen LogP contribution in [0.4, 0.5) is 0 Å². The molecule has 1 aromatic rings. The first-order valence-electron chi connectivity index (χ1n) is 6.53. The fourth-order valence-electron chi connectivity index (χ4n) is 2.16. The Morgan fingerprint density at radius 1 is 1.56 bits per heavy atom. The fraction of sp³-hybridized carbons (Fsp3) is 0.769. The predicted molar refractivity (Wildman–Crippen MR) is 73.4 cm³/mol. The Kier molecular flexibility index (Phi) is 6.32. The average Bonchev–Trinajstić information content (AvgIpc) is 2.67. The molecular weight excluding hydrogens is 228 g/mol. The number of rotatable bonds is 8. The predicted octanol–water partition coefficient (Wildman–Crippen LogP) is 1.13. The Morgan fingerprint density at radius 3 is 2.78 bits per heavy atom. The number of nitrogens with one attached hydrogen (secondary N) is 1. The smallest absolute Gasteiger partial charge is 0.0616 e. The summed E-state index contributed by atoms with van der Waals surface area (Å²) in [6, 6.07) is 0.616. The molecule has 0 aliphatic carbocycles. The topological polar surface area (TPSA) is 65.1 Å². The zero-order valence-corrected chi connectivity index (χ0v) is 11.9. The SMILES string of the molecule is COCC(CCCN)NC(C)c1cnn(C)c1C. The molecule has 0 fully saturated rings. The first kappa shape index (κ1) is 15.1. The second-order valence-corrected chi connectivity index (χ2v) is 4.78. The van der Waals surface area contributed by atoms with Crippen LogP contribution < -0.4 is 11.1 Å². The van der Waals surface area contributed by atoms with Gasteiger partial charge in [-0.15, -0.1) is 0 Å². The highest BCUT2D eigenvalue weighted by atomic mass is 16.5. The van der Waals surface area contributed by atoms with E-state index in [-0.39, 0.29) is 6.04 Å². The van der Waals surface area contributed by atoms with Gasteiger partial charge in [-0.25, -0.2) is 0 Å². The van der Waals surface area contributed by atoms with E-state index >= 15 is 0 Å². The van der Waals surface area contributed by atoms with Gasteiger partial charge in [-0.05, 0) is 33.2 Å². The maximum atomic E-state index is 5.56. The lowest BCUT2D eigenvalue weighted by Gasteiger charge is -2.22. The average molecular weight is 254 g/mol. The summed E-state index contributed by atoms with van der Waals surface area (Å²) in [7, 11) is 3.70. The van der Waals surface area contributed by atoms with E-state index in [2.05, 4.69) is 24.3 Å². The van der Waals surface area contributed by atoms with Crippen molar-refractivity contribution in [1.29, 1.82) is 0 Å². The van der Waals surface area contributed by atoms with E-state index in [1.807, 2.05) is 17.9 Å². The highest BCUT2D eigenvalue weighted by Crippen LogP contribution is 2.17. The molecule has 1 aromatic heterocycles. The Morgan fingerprint density at radius 2 is 2.28 bits per heavy atom. The number of methoxy groups -OCH3 is 1. The van der Waals surface area contributed by atoms with Gasteiger partial charge in [-0.2, -0.15) is 5.10 Å². The van der Waals surface area contributed by atoms with E-state index < -0.39 is 0 Å². The van der Waals surface area contributed by atoms with E-state index in [0.29, 0.717) is 12.6 Å². The van der Waals surface area contributed by atoms with Crippen LogP contribution in [0.15, 0.2) is 6.20 Å². The molecule has 1 heterocycles. The van der Waals surface area contributed by atoms with Gasteiger partial charge >= 0.3 is 0 Å². The standard InChI is InChI=1S/C13H26N4O/c1-10(13-8-15-17(3)11(13)2)16-12(9-18-4)6-5-7-14/h8,10,12,16H,5-7,9,14H2,1-4H3. The van der Waals surface area contributed by atoms with E-state index in [1.54, 1.807) is 7.11 Å². The molecule has 5 heteroatoms. The van der Waals surface area contributed by atoms with Crippen LogP contribution in [0.5, 0.6) is 0 Å². The van der Waals surface area contributed by atoms with Crippen molar-refractivity contribution in [2.24, 2.45) is 12.8 Å². The molecule has 0 bridgehead atoms. The third-order valence-electron chi connectivity index (χ3n) is 3.35. The van der Waals surface area contributed by atoms with Gasteiger partial charge in [0, 0.05) is 37.5 Å². The molecule has 1 rings (SSSR count). The first-order valence-corrected chi connectivity index (χ1v) is 6.53. The molecule has 18 heavy (non-hydrogen) atoms. The van der Waals surface area contributed by atoms with Crippen molar-refractivity contribution < 1.29 is 4.74 Å². The second-order valence-electron chi connectivity index (χ2n) is 4.78. The number of nitrogens with zero attached hydrogens (tertiary/aromatic N) is 2. The highest BCUT2D eigenvalue weighted by Gasteiger charge is 2.16. The van der Waals surface area contributed by atoms with Gasteiger partial charge in [-0.3, -0.25) is 4.68 Å². The normalized spacial score (nSPS) is 14.7. The van der Waals surface area contributed by atoms with Gasteiger partial charge in [0.25, 0.3) is 0 Å². The summed E-state index contributed by atoms with van der Waals surface area (Å²) in [6.45, 7) is 5.69. The number of ether oxygens (including phenoxy) is 1. The van der Waals surface area contributed by atoms with Crippen molar-refractivity contribution in [3.63, 3.8) is 0 Å². The zero-order chi connectivity index (χ0) is 13.5. The molecule has 104 valence electrons. The summed E-state index contributed by atoms with van der Waals surface area (Å²) in [5.41, 5.74) is 8.00. The molecule has 0 spiro atoms. The van der Waals surface area contributed by atoms with Gasteiger partial charge in [-0.1, -0.05) is 0 Å². The lowest BCUT2D eigenvalue weighted by Crippen LogP contribution is -2.35. The van der Waals surface area contributed by atoms with Crippen LogP contribution in [0, 0.1) is 6.92 Å². The van der Waals surface area contributed by atoms with Gasteiger partial charge in [0.2, 0.25) is 0 Å².